The Morgan fingerprint density at radius 3 is 2.48 bits per heavy atom. The van der Waals surface area contributed by atoms with Gasteiger partial charge >= 0.3 is 0 Å². The highest BCUT2D eigenvalue weighted by Crippen LogP contribution is 2.31. The van der Waals surface area contributed by atoms with E-state index >= 15 is 0 Å². The second-order valence-corrected chi connectivity index (χ2v) is 7.87. The number of amides is 2. The number of hydrogen-bond donors (Lipinski definition) is 0. The molecule has 0 N–H and O–H groups in total. The first-order valence-electron chi connectivity index (χ1n) is 10.1. The van der Waals surface area contributed by atoms with Crippen LogP contribution in [-0.4, -0.2) is 67.5 Å². The van der Waals surface area contributed by atoms with Gasteiger partial charge in [0.1, 0.15) is 5.75 Å². The zero-order valence-electron chi connectivity index (χ0n) is 16.1. The molecule has 0 unspecified atom stereocenters. The van der Waals surface area contributed by atoms with Gasteiger partial charge in [-0.2, -0.15) is 0 Å². The molecule has 6 nitrogen and oxygen atoms in total. The average molecular weight is 371 g/mol. The molecule has 0 bridgehead atoms. The summed E-state index contributed by atoms with van der Waals surface area (Å²) in [5.41, 5.74) is 1.08. The Balaban J connectivity index is 1.34. The van der Waals surface area contributed by atoms with E-state index in [-0.39, 0.29) is 17.7 Å². The van der Waals surface area contributed by atoms with Crippen molar-refractivity contribution in [2.45, 2.75) is 38.1 Å². The summed E-state index contributed by atoms with van der Waals surface area (Å²) in [6.45, 7) is 3.60. The summed E-state index contributed by atoms with van der Waals surface area (Å²) in [7, 11) is 1.69. The maximum absolute atomic E-state index is 13.0. The predicted octanol–water partition coefficient (Wildman–Crippen LogP) is 2.13. The van der Waals surface area contributed by atoms with Crippen molar-refractivity contribution in [2.24, 2.45) is 5.92 Å². The predicted molar refractivity (Wildman–Crippen MR) is 104 cm³/mol. The van der Waals surface area contributed by atoms with Crippen molar-refractivity contribution in [3.8, 4) is 5.75 Å². The molecule has 0 spiro atoms. The number of piperazine rings is 1. The molecule has 1 aromatic rings. The summed E-state index contributed by atoms with van der Waals surface area (Å²) in [6, 6.07) is 8.38. The number of nitrogens with zero attached hydrogens (tertiary/aromatic N) is 3. The summed E-state index contributed by atoms with van der Waals surface area (Å²) in [5, 5.41) is 0. The van der Waals surface area contributed by atoms with E-state index in [1.165, 1.54) is 12.8 Å². The van der Waals surface area contributed by atoms with Crippen molar-refractivity contribution >= 4 is 17.5 Å². The van der Waals surface area contributed by atoms with Crippen LogP contribution in [0.4, 0.5) is 5.69 Å². The molecular weight excluding hydrogens is 342 g/mol. The van der Waals surface area contributed by atoms with Crippen LogP contribution >= 0.6 is 0 Å². The first-order chi connectivity index (χ1) is 13.2. The van der Waals surface area contributed by atoms with Crippen molar-refractivity contribution in [2.75, 3.05) is 44.7 Å². The van der Waals surface area contributed by atoms with Gasteiger partial charge in [-0.3, -0.25) is 9.59 Å². The highest BCUT2D eigenvalue weighted by Gasteiger charge is 2.40. The van der Waals surface area contributed by atoms with Gasteiger partial charge in [0.15, 0.2) is 0 Å². The van der Waals surface area contributed by atoms with Gasteiger partial charge in [0.25, 0.3) is 0 Å². The Morgan fingerprint density at radius 1 is 1.07 bits per heavy atom. The zero-order valence-corrected chi connectivity index (χ0v) is 16.1. The first kappa shape index (κ1) is 18.1. The number of carbonyl (C=O) groups excluding carboxylic acids is 2. The molecule has 3 fully saturated rings. The molecule has 0 radical (unpaired) electrons. The minimum absolute atomic E-state index is 0.156. The highest BCUT2D eigenvalue weighted by atomic mass is 16.5. The van der Waals surface area contributed by atoms with Crippen LogP contribution in [0, 0.1) is 5.92 Å². The van der Waals surface area contributed by atoms with Crippen LogP contribution in [0.1, 0.15) is 32.1 Å². The van der Waals surface area contributed by atoms with E-state index in [0.717, 1.165) is 37.4 Å². The Morgan fingerprint density at radius 2 is 1.78 bits per heavy atom. The molecule has 27 heavy (non-hydrogen) atoms. The van der Waals surface area contributed by atoms with Gasteiger partial charge in [-0.25, -0.2) is 0 Å². The quantitative estimate of drug-likeness (QED) is 0.814. The molecule has 2 heterocycles. The summed E-state index contributed by atoms with van der Waals surface area (Å²) in [5.74, 6) is 1.04. The third-order valence-corrected chi connectivity index (χ3v) is 6.29. The van der Waals surface area contributed by atoms with Gasteiger partial charge in [-0.1, -0.05) is 25.0 Å². The molecule has 4 rings (SSSR count). The van der Waals surface area contributed by atoms with E-state index in [1.807, 2.05) is 28.0 Å². The second kappa shape index (κ2) is 7.79. The maximum Gasteiger partial charge on any atom is 0.228 e. The number of methoxy groups -OCH3 is 1. The molecule has 146 valence electrons. The van der Waals surface area contributed by atoms with Gasteiger partial charge < -0.3 is 19.4 Å². The number of carbonyl (C=O) groups is 2. The van der Waals surface area contributed by atoms with Crippen molar-refractivity contribution in [1.82, 2.24) is 9.80 Å². The third-order valence-electron chi connectivity index (χ3n) is 6.29. The topological polar surface area (TPSA) is 53.1 Å². The van der Waals surface area contributed by atoms with E-state index in [2.05, 4.69) is 11.0 Å². The van der Waals surface area contributed by atoms with E-state index in [1.54, 1.807) is 7.11 Å². The molecule has 1 atom stereocenters. The number of benzene rings is 1. The van der Waals surface area contributed by atoms with E-state index < -0.39 is 0 Å². The Bertz CT molecular complexity index is 694. The summed E-state index contributed by atoms with van der Waals surface area (Å²) < 4.78 is 5.46. The molecule has 2 amide bonds. The second-order valence-electron chi connectivity index (χ2n) is 7.87. The molecular formula is C21H29N3O3. The average Bonchev–Trinajstić information content (AvgIpc) is 3.37. The van der Waals surface area contributed by atoms with Crippen LogP contribution in [-0.2, 0) is 9.59 Å². The van der Waals surface area contributed by atoms with E-state index in [0.29, 0.717) is 32.1 Å². The standard InChI is InChI=1S/C21H29N3O3/c1-27-19-9-5-4-8-18(19)22-10-12-23(13-11-22)21(26)16-14-20(25)24(15-16)17-6-2-3-7-17/h4-5,8-9,16-17H,2-3,6-7,10-15H2,1H3/t16-/m1/s1. The maximum atomic E-state index is 13.0. The van der Waals surface area contributed by atoms with Crippen molar-refractivity contribution in [3.63, 3.8) is 0 Å². The molecule has 6 heteroatoms. The highest BCUT2D eigenvalue weighted by molar-refractivity contribution is 5.89. The fourth-order valence-electron chi connectivity index (χ4n) is 4.78. The van der Waals surface area contributed by atoms with Crippen LogP contribution < -0.4 is 9.64 Å². The lowest BCUT2D eigenvalue weighted by Crippen LogP contribution is -2.50. The van der Waals surface area contributed by atoms with Crippen molar-refractivity contribution < 1.29 is 14.3 Å². The lowest BCUT2D eigenvalue weighted by molar-refractivity contribution is -0.136. The number of rotatable bonds is 4. The molecule has 1 aromatic carbocycles. The molecule has 0 aromatic heterocycles. The van der Waals surface area contributed by atoms with Crippen molar-refractivity contribution in [3.05, 3.63) is 24.3 Å². The minimum atomic E-state index is -0.157. The van der Waals surface area contributed by atoms with Crippen LogP contribution in [0.3, 0.4) is 0 Å². The normalized spacial score (nSPS) is 24.0. The molecule has 3 aliphatic rings. The number of likely N-dealkylation sites (tertiary alicyclic amines) is 1. The summed E-state index contributed by atoms with van der Waals surface area (Å²) in [4.78, 5) is 31.6. The van der Waals surface area contributed by atoms with E-state index in [9.17, 15) is 9.59 Å². The fourth-order valence-corrected chi connectivity index (χ4v) is 4.78. The third kappa shape index (κ3) is 3.62. The Kier molecular flexibility index (Phi) is 5.23. The SMILES string of the molecule is COc1ccccc1N1CCN(C(=O)[C@@H]2CC(=O)N(C3CCCC3)C2)CC1. The number of para-hydroxylation sites is 2. The van der Waals surface area contributed by atoms with Crippen LogP contribution in [0.15, 0.2) is 24.3 Å². The van der Waals surface area contributed by atoms with Gasteiger partial charge in [-0.15, -0.1) is 0 Å². The Hall–Kier alpha value is -2.24. The van der Waals surface area contributed by atoms with Gasteiger partial charge in [0.05, 0.1) is 18.7 Å². The van der Waals surface area contributed by atoms with Gasteiger partial charge in [0.2, 0.25) is 11.8 Å². The number of hydrogen-bond acceptors (Lipinski definition) is 4. The Labute approximate surface area is 161 Å². The fraction of sp³-hybridized carbons (Fsp3) is 0.619. The minimum Gasteiger partial charge on any atom is -0.495 e. The first-order valence-corrected chi connectivity index (χ1v) is 10.1. The molecule has 1 aliphatic carbocycles. The summed E-state index contributed by atoms with van der Waals surface area (Å²) >= 11 is 0. The summed E-state index contributed by atoms with van der Waals surface area (Å²) in [6.07, 6.45) is 5.01. The van der Waals surface area contributed by atoms with Crippen LogP contribution in [0.5, 0.6) is 5.75 Å². The molecule has 2 aliphatic heterocycles. The van der Waals surface area contributed by atoms with Crippen LogP contribution in [0.2, 0.25) is 0 Å². The molecule has 2 saturated heterocycles. The lowest BCUT2D eigenvalue weighted by atomic mass is 10.1. The van der Waals surface area contributed by atoms with E-state index in [4.69, 9.17) is 4.74 Å². The van der Waals surface area contributed by atoms with Gasteiger partial charge in [0, 0.05) is 45.2 Å². The zero-order chi connectivity index (χ0) is 18.8. The van der Waals surface area contributed by atoms with Crippen molar-refractivity contribution in [1.29, 1.82) is 0 Å². The smallest absolute Gasteiger partial charge is 0.228 e. The number of anilines is 1. The molecule has 1 saturated carbocycles. The lowest BCUT2D eigenvalue weighted by Gasteiger charge is -2.37. The monoisotopic (exact) mass is 371 g/mol. The largest absolute Gasteiger partial charge is 0.495 e. The number of ether oxygens (including phenoxy) is 1. The van der Waals surface area contributed by atoms with Gasteiger partial charge in [-0.05, 0) is 25.0 Å². The van der Waals surface area contributed by atoms with Crippen LogP contribution in [0.25, 0.3) is 0 Å².